The first kappa shape index (κ1) is 20.0. The van der Waals surface area contributed by atoms with Gasteiger partial charge in [-0.15, -0.1) is 0 Å². The summed E-state index contributed by atoms with van der Waals surface area (Å²) < 4.78 is 0. The Morgan fingerprint density at radius 3 is 2.46 bits per heavy atom. The van der Waals surface area contributed by atoms with Crippen LogP contribution in [0.4, 0.5) is 0 Å². The fourth-order valence-corrected chi connectivity index (χ4v) is 3.15. The van der Waals surface area contributed by atoms with Crippen LogP contribution in [0.3, 0.4) is 0 Å². The predicted molar refractivity (Wildman–Crippen MR) is 107 cm³/mol. The van der Waals surface area contributed by atoms with Gasteiger partial charge in [0.25, 0.3) is 0 Å². The Morgan fingerprint density at radius 2 is 1.65 bits per heavy atom. The van der Waals surface area contributed by atoms with Gasteiger partial charge in [-0.3, -0.25) is 9.59 Å². The predicted octanol–water partition coefficient (Wildman–Crippen LogP) is 4.49. The lowest BCUT2D eigenvalue weighted by Crippen LogP contribution is -2.38. The number of rotatable bonds is 10. The van der Waals surface area contributed by atoms with E-state index in [0.29, 0.717) is 6.42 Å². The van der Waals surface area contributed by atoms with Crippen LogP contribution in [0.1, 0.15) is 64.0 Å². The van der Waals surface area contributed by atoms with E-state index in [0.717, 1.165) is 29.2 Å². The summed E-state index contributed by atoms with van der Waals surface area (Å²) in [6, 6.07) is 14.1. The van der Waals surface area contributed by atoms with Crippen molar-refractivity contribution in [2.45, 2.75) is 58.4 Å². The quantitative estimate of drug-likeness (QED) is 0.618. The second-order valence-corrected chi connectivity index (χ2v) is 6.80. The molecule has 140 valence electrons. The highest BCUT2D eigenvalue weighted by molar-refractivity contribution is 5.88. The lowest BCUT2D eigenvalue weighted by Gasteiger charge is -2.17. The van der Waals surface area contributed by atoms with Crippen molar-refractivity contribution in [2.75, 3.05) is 6.54 Å². The molecule has 4 nitrogen and oxygen atoms in total. The molecular formula is C22H30N2O2. The zero-order valence-electron chi connectivity index (χ0n) is 15.9. The number of carbonyl (C=O) groups is 2. The molecule has 4 heteroatoms. The van der Waals surface area contributed by atoms with E-state index in [4.69, 9.17) is 0 Å². The third-order valence-corrected chi connectivity index (χ3v) is 4.62. The minimum atomic E-state index is -0.162. The van der Waals surface area contributed by atoms with Gasteiger partial charge in [-0.25, -0.2) is 0 Å². The number of hydrogen-bond acceptors (Lipinski definition) is 2. The molecule has 2 rings (SSSR count). The second-order valence-electron chi connectivity index (χ2n) is 6.80. The number of carbonyl (C=O) groups excluding carboxylic acids is 2. The molecule has 0 bridgehead atoms. The van der Waals surface area contributed by atoms with Crippen molar-refractivity contribution >= 4 is 22.6 Å². The average Bonchev–Trinajstić information content (AvgIpc) is 2.65. The van der Waals surface area contributed by atoms with Crippen molar-refractivity contribution in [3.63, 3.8) is 0 Å². The number of hydrogen-bond donors (Lipinski definition) is 2. The Hall–Kier alpha value is -2.36. The highest BCUT2D eigenvalue weighted by Gasteiger charge is 2.12. The van der Waals surface area contributed by atoms with E-state index in [1.807, 2.05) is 31.2 Å². The molecule has 2 N–H and O–H groups in total. The first-order chi connectivity index (χ1) is 12.6. The van der Waals surface area contributed by atoms with Gasteiger partial charge in [-0.2, -0.15) is 0 Å². The van der Waals surface area contributed by atoms with Crippen LogP contribution < -0.4 is 10.6 Å². The summed E-state index contributed by atoms with van der Waals surface area (Å²) in [5.74, 6) is -0.209. The SMILES string of the molecule is CCCCCCCC(=O)NCC(=O)N[C@H](C)c1cccc2ccccc12. The number of unbranched alkanes of at least 4 members (excludes halogenated alkanes) is 4. The Morgan fingerprint density at radius 1 is 0.923 bits per heavy atom. The van der Waals surface area contributed by atoms with Crippen LogP contribution in [0, 0.1) is 0 Å². The Labute approximate surface area is 156 Å². The topological polar surface area (TPSA) is 58.2 Å². The first-order valence-corrected chi connectivity index (χ1v) is 9.65. The largest absolute Gasteiger partial charge is 0.348 e. The third kappa shape index (κ3) is 6.17. The van der Waals surface area contributed by atoms with Crippen LogP contribution >= 0.6 is 0 Å². The van der Waals surface area contributed by atoms with Gasteiger partial charge in [0.05, 0.1) is 12.6 Å². The summed E-state index contributed by atoms with van der Waals surface area (Å²) in [6.07, 6.45) is 6.05. The van der Waals surface area contributed by atoms with Gasteiger partial charge in [-0.1, -0.05) is 75.1 Å². The molecule has 0 aliphatic heterocycles. The standard InChI is InChI=1S/C22H30N2O2/c1-3-4-5-6-7-15-21(25)23-16-22(26)24-17(2)19-14-10-12-18-11-8-9-13-20(18)19/h8-14,17H,3-7,15-16H2,1-2H3,(H,23,25)(H,24,26)/t17-/m1/s1. The minimum Gasteiger partial charge on any atom is -0.348 e. The lowest BCUT2D eigenvalue weighted by molar-refractivity contribution is -0.126. The van der Waals surface area contributed by atoms with Gasteiger partial charge in [0.1, 0.15) is 0 Å². The fourth-order valence-electron chi connectivity index (χ4n) is 3.15. The normalized spacial score (nSPS) is 11.9. The Bertz CT molecular complexity index is 722. The van der Waals surface area contributed by atoms with Gasteiger partial charge in [0, 0.05) is 6.42 Å². The van der Waals surface area contributed by atoms with Crippen LogP contribution in [0.2, 0.25) is 0 Å². The van der Waals surface area contributed by atoms with Gasteiger partial charge in [0.2, 0.25) is 11.8 Å². The summed E-state index contributed by atoms with van der Waals surface area (Å²) >= 11 is 0. The highest BCUT2D eigenvalue weighted by Crippen LogP contribution is 2.23. The van der Waals surface area contributed by atoms with E-state index in [2.05, 4.69) is 35.8 Å². The highest BCUT2D eigenvalue weighted by atomic mass is 16.2. The van der Waals surface area contributed by atoms with Crippen molar-refractivity contribution < 1.29 is 9.59 Å². The zero-order valence-corrected chi connectivity index (χ0v) is 15.9. The Balaban J connectivity index is 1.77. The number of benzene rings is 2. The maximum atomic E-state index is 12.2. The van der Waals surface area contributed by atoms with E-state index in [9.17, 15) is 9.59 Å². The van der Waals surface area contributed by atoms with Crippen LogP contribution in [-0.2, 0) is 9.59 Å². The van der Waals surface area contributed by atoms with Crippen molar-refractivity contribution in [3.8, 4) is 0 Å². The Kier molecular flexibility index (Phi) is 8.13. The van der Waals surface area contributed by atoms with Crippen molar-refractivity contribution in [1.29, 1.82) is 0 Å². The molecule has 0 saturated carbocycles. The molecule has 2 amide bonds. The molecule has 0 unspecified atom stereocenters. The lowest BCUT2D eigenvalue weighted by atomic mass is 10.00. The van der Waals surface area contributed by atoms with Crippen LogP contribution in [0.5, 0.6) is 0 Å². The molecule has 0 radical (unpaired) electrons. The summed E-state index contributed by atoms with van der Waals surface area (Å²) in [4.78, 5) is 24.0. The fraction of sp³-hybridized carbons (Fsp3) is 0.455. The third-order valence-electron chi connectivity index (χ3n) is 4.62. The number of amides is 2. The summed E-state index contributed by atoms with van der Waals surface area (Å²) in [5, 5.41) is 7.98. The molecule has 0 spiro atoms. The summed E-state index contributed by atoms with van der Waals surface area (Å²) in [6.45, 7) is 4.17. The maximum Gasteiger partial charge on any atom is 0.239 e. The van der Waals surface area contributed by atoms with Gasteiger partial charge >= 0.3 is 0 Å². The minimum absolute atomic E-state index is 0.0307. The molecular weight excluding hydrogens is 324 g/mol. The smallest absolute Gasteiger partial charge is 0.239 e. The molecule has 1 atom stereocenters. The number of nitrogens with one attached hydrogen (secondary N) is 2. The molecule has 2 aromatic carbocycles. The van der Waals surface area contributed by atoms with Gasteiger partial charge in [0.15, 0.2) is 0 Å². The van der Waals surface area contributed by atoms with Crippen LogP contribution in [0.25, 0.3) is 10.8 Å². The zero-order chi connectivity index (χ0) is 18.8. The molecule has 0 heterocycles. The monoisotopic (exact) mass is 354 g/mol. The van der Waals surface area contributed by atoms with E-state index in [1.165, 1.54) is 19.3 Å². The molecule has 0 aliphatic carbocycles. The molecule has 0 aliphatic rings. The molecule has 0 aromatic heterocycles. The van der Waals surface area contributed by atoms with E-state index in [-0.39, 0.29) is 24.4 Å². The van der Waals surface area contributed by atoms with E-state index >= 15 is 0 Å². The number of fused-ring (bicyclic) bond motifs is 1. The van der Waals surface area contributed by atoms with Crippen LogP contribution in [0.15, 0.2) is 42.5 Å². The van der Waals surface area contributed by atoms with Crippen LogP contribution in [-0.4, -0.2) is 18.4 Å². The van der Waals surface area contributed by atoms with E-state index < -0.39 is 0 Å². The molecule has 0 fully saturated rings. The molecule has 26 heavy (non-hydrogen) atoms. The van der Waals surface area contributed by atoms with E-state index in [1.54, 1.807) is 0 Å². The molecule has 0 saturated heterocycles. The van der Waals surface area contributed by atoms with Crippen molar-refractivity contribution in [1.82, 2.24) is 10.6 Å². The van der Waals surface area contributed by atoms with Gasteiger partial charge < -0.3 is 10.6 Å². The summed E-state index contributed by atoms with van der Waals surface area (Å²) in [5.41, 5.74) is 1.08. The second kappa shape index (κ2) is 10.6. The molecule has 2 aromatic rings. The van der Waals surface area contributed by atoms with Crippen molar-refractivity contribution in [3.05, 3.63) is 48.0 Å². The first-order valence-electron chi connectivity index (χ1n) is 9.65. The van der Waals surface area contributed by atoms with Gasteiger partial charge in [-0.05, 0) is 29.7 Å². The van der Waals surface area contributed by atoms with Crippen molar-refractivity contribution in [2.24, 2.45) is 0 Å². The summed E-state index contributed by atoms with van der Waals surface area (Å²) in [7, 11) is 0. The average molecular weight is 354 g/mol. The maximum absolute atomic E-state index is 12.2.